The lowest BCUT2D eigenvalue weighted by Crippen LogP contribution is -2.16. The Morgan fingerprint density at radius 3 is 2.57 bits per heavy atom. The highest BCUT2D eigenvalue weighted by Crippen LogP contribution is 2.28. The van der Waals surface area contributed by atoms with Crippen LogP contribution >= 0.6 is 0 Å². The molecular formula is C22H21N3O3. The fourth-order valence-electron chi connectivity index (χ4n) is 2.75. The summed E-state index contributed by atoms with van der Waals surface area (Å²) < 4.78 is 5.36. The minimum absolute atomic E-state index is 0.122. The van der Waals surface area contributed by atoms with Crippen LogP contribution in [0.15, 0.2) is 67.0 Å². The topological polar surface area (TPSA) is 80.3 Å². The molecule has 6 heteroatoms. The van der Waals surface area contributed by atoms with Gasteiger partial charge in [0, 0.05) is 24.1 Å². The van der Waals surface area contributed by atoms with Gasteiger partial charge in [-0.05, 0) is 42.3 Å². The molecule has 3 aromatic rings. The number of aromatic nitrogens is 1. The number of aryl methyl sites for hydroxylation is 1. The number of rotatable bonds is 6. The molecule has 2 aromatic carbocycles. The molecule has 0 atom stereocenters. The van der Waals surface area contributed by atoms with Gasteiger partial charge >= 0.3 is 0 Å². The van der Waals surface area contributed by atoms with Crippen molar-refractivity contribution in [2.24, 2.45) is 0 Å². The molecule has 1 heterocycles. The maximum atomic E-state index is 12.4. The van der Waals surface area contributed by atoms with Gasteiger partial charge in [-0.2, -0.15) is 0 Å². The van der Waals surface area contributed by atoms with Crippen LogP contribution in [0.3, 0.4) is 0 Å². The van der Waals surface area contributed by atoms with E-state index in [0.717, 1.165) is 11.1 Å². The summed E-state index contributed by atoms with van der Waals surface area (Å²) in [6.45, 7) is 1.98. The van der Waals surface area contributed by atoms with Gasteiger partial charge in [-0.3, -0.25) is 14.6 Å². The number of carbonyl (C=O) groups excluding carboxylic acids is 2. The molecule has 6 nitrogen and oxygen atoms in total. The third-order valence-corrected chi connectivity index (χ3v) is 4.27. The van der Waals surface area contributed by atoms with Gasteiger partial charge in [-0.15, -0.1) is 0 Å². The van der Waals surface area contributed by atoms with Crippen LogP contribution in [0.1, 0.15) is 21.5 Å². The minimum Gasteiger partial charge on any atom is -0.494 e. The lowest BCUT2D eigenvalue weighted by molar-refractivity contribution is -0.115. The maximum absolute atomic E-state index is 12.4. The van der Waals surface area contributed by atoms with Gasteiger partial charge in [-0.25, -0.2) is 0 Å². The number of methoxy groups -OCH3 is 1. The van der Waals surface area contributed by atoms with Gasteiger partial charge < -0.3 is 15.4 Å². The molecule has 28 heavy (non-hydrogen) atoms. The Balaban J connectivity index is 1.69. The fraction of sp³-hybridized carbons (Fsp3) is 0.136. The van der Waals surface area contributed by atoms with E-state index in [0.29, 0.717) is 22.7 Å². The fourth-order valence-corrected chi connectivity index (χ4v) is 2.75. The van der Waals surface area contributed by atoms with E-state index in [4.69, 9.17) is 4.74 Å². The van der Waals surface area contributed by atoms with Crippen LogP contribution in [0.5, 0.6) is 5.75 Å². The summed E-state index contributed by atoms with van der Waals surface area (Å²) >= 11 is 0. The van der Waals surface area contributed by atoms with Gasteiger partial charge in [0.05, 0.1) is 24.8 Å². The highest BCUT2D eigenvalue weighted by Gasteiger charge is 2.12. The molecule has 2 N–H and O–H groups in total. The molecule has 0 saturated carbocycles. The van der Waals surface area contributed by atoms with Crippen molar-refractivity contribution in [1.82, 2.24) is 4.98 Å². The number of pyridine rings is 1. The molecule has 0 saturated heterocycles. The number of amides is 2. The Bertz CT molecular complexity index is 987. The van der Waals surface area contributed by atoms with E-state index >= 15 is 0 Å². The van der Waals surface area contributed by atoms with Gasteiger partial charge in [0.1, 0.15) is 5.75 Å². The molecule has 2 amide bonds. The number of hydrogen-bond acceptors (Lipinski definition) is 4. The number of anilines is 2. The first-order chi connectivity index (χ1) is 13.6. The molecule has 0 radical (unpaired) electrons. The predicted molar refractivity (Wildman–Crippen MR) is 109 cm³/mol. The van der Waals surface area contributed by atoms with E-state index in [-0.39, 0.29) is 18.2 Å². The normalized spacial score (nSPS) is 10.2. The summed E-state index contributed by atoms with van der Waals surface area (Å²) in [5.74, 6) is 0.0390. The van der Waals surface area contributed by atoms with Crippen molar-refractivity contribution in [1.29, 1.82) is 0 Å². The third-order valence-electron chi connectivity index (χ3n) is 4.27. The number of hydrogen-bond donors (Lipinski definition) is 2. The van der Waals surface area contributed by atoms with Gasteiger partial charge in [0.2, 0.25) is 5.91 Å². The second kappa shape index (κ2) is 8.81. The Kier molecular flexibility index (Phi) is 6.01. The zero-order chi connectivity index (χ0) is 19.9. The smallest absolute Gasteiger partial charge is 0.257 e. The van der Waals surface area contributed by atoms with E-state index in [2.05, 4.69) is 15.6 Å². The largest absolute Gasteiger partial charge is 0.494 e. The van der Waals surface area contributed by atoms with E-state index < -0.39 is 0 Å². The molecule has 0 unspecified atom stereocenters. The van der Waals surface area contributed by atoms with E-state index in [1.807, 2.05) is 31.2 Å². The molecule has 142 valence electrons. The van der Waals surface area contributed by atoms with Crippen LogP contribution < -0.4 is 15.4 Å². The molecule has 1 aromatic heterocycles. The summed E-state index contributed by atoms with van der Waals surface area (Å²) in [5.41, 5.74) is 3.60. The van der Waals surface area contributed by atoms with Crippen molar-refractivity contribution < 1.29 is 14.3 Å². The predicted octanol–water partition coefficient (Wildman–Crippen LogP) is 3.83. The quantitative estimate of drug-likeness (QED) is 0.686. The second-order valence-electron chi connectivity index (χ2n) is 6.26. The zero-order valence-electron chi connectivity index (χ0n) is 15.7. The van der Waals surface area contributed by atoms with Crippen molar-refractivity contribution in [3.05, 3.63) is 83.7 Å². The molecule has 0 bridgehead atoms. The number of benzene rings is 2. The molecule has 0 fully saturated rings. The molecule has 0 aliphatic carbocycles. The first kappa shape index (κ1) is 19.1. The second-order valence-corrected chi connectivity index (χ2v) is 6.26. The van der Waals surface area contributed by atoms with Crippen molar-refractivity contribution in [3.8, 4) is 5.75 Å². The highest BCUT2D eigenvalue weighted by molar-refractivity contribution is 6.05. The number of nitrogens with zero attached hydrogens (tertiary/aromatic N) is 1. The summed E-state index contributed by atoms with van der Waals surface area (Å²) in [6.07, 6.45) is 3.38. The average molecular weight is 375 g/mol. The Hall–Kier alpha value is -3.67. The molecular weight excluding hydrogens is 354 g/mol. The van der Waals surface area contributed by atoms with Crippen LogP contribution in [0, 0.1) is 6.92 Å². The van der Waals surface area contributed by atoms with Crippen LogP contribution in [-0.2, 0) is 11.2 Å². The maximum Gasteiger partial charge on any atom is 0.257 e. The Morgan fingerprint density at radius 2 is 1.86 bits per heavy atom. The van der Waals surface area contributed by atoms with Gasteiger partial charge in [0.25, 0.3) is 5.91 Å². The monoisotopic (exact) mass is 375 g/mol. The SMILES string of the molecule is COc1cc(NC(=O)Cc2ccccc2C)ccc1NC(=O)c1cccnc1. The van der Waals surface area contributed by atoms with E-state index in [9.17, 15) is 9.59 Å². The number of carbonyl (C=O) groups is 2. The van der Waals surface area contributed by atoms with Crippen LogP contribution in [0.4, 0.5) is 11.4 Å². The van der Waals surface area contributed by atoms with Gasteiger partial charge in [-0.1, -0.05) is 24.3 Å². The van der Waals surface area contributed by atoms with Crippen molar-refractivity contribution >= 4 is 23.2 Å². The Labute approximate surface area is 163 Å². The van der Waals surface area contributed by atoms with Crippen molar-refractivity contribution in [3.63, 3.8) is 0 Å². The minimum atomic E-state index is -0.289. The lowest BCUT2D eigenvalue weighted by atomic mass is 10.1. The summed E-state index contributed by atoms with van der Waals surface area (Å²) in [5, 5.41) is 5.65. The van der Waals surface area contributed by atoms with E-state index in [1.165, 1.54) is 13.3 Å². The average Bonchev–Trinajstić information content (AvgIpc) is 2.71. The molecule has 0 spiro atoms. The van der Waals surface area contributed by atoms with Crippen LogP contribution in [-0.4, -0.2) is 23.9 Å². The number of nitrogens with one attached hydrogen (secondary N) is 2. The van der Waals surface area contributed by atoms with Gasteiger partial charge in [0.15, 0.2) is 0 Å². The molecule has 3 rings (SSSR count). The molecule has 0 aliphatic heterocycles. The number of ether oxygens (including phenoxy) is 1. The first-order valence-corrected chi connectivity index (χ1v) is 8.80. The molecule has 0 aliphatic rings. The lowest BCUT2D eigenvalue weighted by Gasteiger charge is -2.13. The standard InChI is InChI=1S/C22H21N3O3/c1-15-6-3-4-7-16(15)12-21(26)24-18-9-10-19(20(13-18)28-2)25-22(27)17-8-5-11-23-14-17/h3-11,13-14H,12H2,1-2H3,(H,24,26)(H,25,27). The summed E-state index contributed by atoms with van der Waals surface area (Å²) in [7, 11) is 1.51. The highest BCUT2D eigenvalue weighted by atomic mass is 16.5. The summed E-state index contributed by atoms with van der Waals surface area (Å²) in [4.78, 5) is 28.6. The Morgan fingerprint density at radius 1 is 1.04 bits per heavy atom. The van der Waals surface area contributed by atoms with E-state index in [1.54, 1.807) is 36.5 Å². The van der Waals surface area contributed by atoms with Crippen LogP contribution in [0.2, 0.25) is 0 Å². The van der Waals surface area contributed by atoms with Crippen LogP contribution in [0.25, 0.3) is 0 Å². The van der Waals surface area contributed by atoms with Crippen molar-refractivity contribution in [2.45, 2.75) is 13.3 Å². The first-order valence-electron chi connectivity index (χ1n) is 8.80. The summed E-state index contributed by atoms with van der Waals surface area (Å²) in [6, 6.07) is 16.2. The zero-order valence-corrected chi connectivity index (χ0v) is 15.7. The third kappa shape index (κ3) is 4.73. The van der Waals surface area contributed by atoms with Crippen molar-refractivity contribution in [2.75, 3.05) is 17.7 Å².